The zero-order valence-corrected chi connectivity index (χ0v) is 10.6. The lowest BCUT2D eigenvalue weighted by Gasteiger charge is -2.35. The molecule has 3 heteroatoms. The van der Waals surface area contributed by atoms with Gasteiger partial charge in [0.25, 0.3) is 0 Å². The van der Waals surface area contributed by atoms with Crippen LogP contribution in [0.15, 0.2) is 18.2 Å². The average Bonchev–Trinajstić information content (AvgIpc) is 2.33. The number of nitrogen functional groups attached to an aromatic ring is 1. The number of nitrogens with two attached hydrogens (primary N) is 1. The number of halogens is 1. The first-order chi connectivity index (χ1) is 8.09. The fraction of sp³-hybridized carbons (Fsp3) is 0.571. The Morgan fingerprint density at radius 2 is 1.88 bits per heavy atom. The van der Waals surface area contributed by atoms with Crippen LogP contribution in [0.5, 0.6) is 0 Å². The van der Waals surface area contributed by atoms with Crippen molar-refractivity contribution >= 4 is 11.4 Å². The molecule has 0 heterocycles. The molecule has 0 radical (unpaired) electrons. The Kier molecular flexibility index (Phi) is 3.55. The van der Waals surface area contributed by atoms with Crippen molar-refractivity contribution in [3.63, 3.8) is 0 Å². The molecule has 1 aliphatic carbocycles. The Balaban J connectivity index is 2.14. The van der Waals surface area contributed by atoms with Gasteiger partial charge >= 0.3 is 0 Å². The summed E-state index contributed by atoms with van der Waals surface area (Å²) in [6, 6.07) is 5.53. The summed E-state index contributed by atoms with van der Waals surface area (Å²) in [5.41, 5.74) is 6.90. The van der Waals surface area contributed by atoms with E-state index in [2.05, 4.69) is 11.8 Å². The van der Waals surface area contributed by atoms with Crippen LogP contribution in [0.2, 0.25) is 0 Å². The van der Waals surface area contributed by atoms with E-state index in [1.165, 1.54) is 31.7 Å². The zero-order valence-electron chi connectivity index (χ0n) is 10.6. The monoisotopic (exact) mass is 236 g/mol. The van der Waals surface area contributed by atoms with Crippen molar-refractivity contribution in [3.05, 3.63) is 24.0 Å². The van der Waals surface area contributed by atoms with Gasteiger partial charge in [0.1, 0.15) is 5.82 Å². The molecule has 1 aliphatic rings. The predicted octanol–water partition coefficient (Wildman–Crippen LogP) is 3.42. The third-order valence-corrected chi connectivity index (χ3v) is 3.94. The van der Waals surface area contributed by atoms with Crippen LogP contribution in [0.4, 0.5) is 15.8 Å². The number of hydrogen-bond acceptors (Lipinski definition) is 2. The third-order valence-electron chi connectivity index (χ3n) is 3.94. The molecule has 2 rings (SSSR count). The second kappa shape index (κ2) is 4.94. The highest BCUT2D eigenvalue weighted by Gasteiger charge is 2.23. The minimum absolute atomic E-state index is 0.272. The van der Waals surface area contributed by atoms with Crippen LogP contribution in [0.3, 0.4) is 0 Å². The number of anilines is 2. The summed E-state index contributed by atoms with van der Waals surface area (Å²) >= 11 is 0. The van der Waals surface area contributed by atoms with Crippen molar-refractivity contribution in [2.24, 2.45) is 5.92 Å². The average molecular weight is 236 g/mol. The molecule has 0 atom stereocenters. The van der Waals surface area contributed by atoms with E-state index in [1.807, 2.05) is 13.1 Å². The van der Waals surface area contributed by atoms with E-state index in [-0.39, 0.29) is 11.5 Å². The van der Waals surface area contributed by atoms with Crippen LogP contribution in [0.1, 0.15) is 32.6 Å². The minimum atomic E-state index is -0.321. The highest BCUT2D eigenvalue weighted by Crippen LogP contribution is 2.32. The Bertz CT molecular complexity index is 384. The van der Waals surface area contributed by atoms with E-state index in [0.717, 1.165) is 11.6 Å². The van der Waals surface area contributed by atoms with Crippen molar-refractivity contribution in [1.29, 1.82) is 0 Å². The van der Waals surface area contributed by atoms with Crippen molar-refractivity contribution in [2.75, 3.05) is 17.7 Å². The topological polar surface area (TPSA) is 29.3 Å². The summed E-state index contributed by atoms with van der Waals surface area (Å²) in [4.78, 5) is 2.14. The summed E-state index contributed by atoms with van der Waals surface area (Å²) in [6.45, 7) is 2.30. The van der Waals surface area contributed by atoms with E-state index in [4.69, 9.17) is 5.73 Å². The molecule has 1 aromatic rings. The lowest BCUT2D eigenvalue weighted by Crippen LogP contribution is -2.35. The lowest BCUT2D eigenvalue weighted by atomic mass is 9.86. The van der Waals surface area contributed by atoms with Gasteiger partial charge in [-0.25, -0.2) is 4.39 Å². The molecule has 94 valence electrons. The molecule has 0 bridgehead atoms. The summed E-state index contributed by atoms with van der Waals surface area (Å²) in [7, 11) is 2.02. The van der Waals surface area contributed by atoms with Crippen molar-refractivity contribution in [3.8, 4) is 0 Å². The molecule has 0 amide bonds. The molecular weight excluding hydrogens is 215 g/mol. The maximum atomic E-state index is 13.4. The molecule has 2 N–H and O–H groups in total. The van der Waals surface area contributed by atoms with Gasteiger partial charge in [-0.05, 0) is 43.7 Å². The molecule has 0 aromatic heterocycles. The van der Waals surface area contributed by atoms with Crippen molar-refractivity contribution < 1.29 is 4.39 Å². The minimum Gasteiger partial charge on any atom is -0.395 e. The van der Waals surface area contributed by atoms with Gasteiger partial charge in [-0.1, -0.05) is 13.0 Å². The first-order valence-electron chi connectivity index (χ1n) is 6.36. The molecule has 1 saturated carbocycles. The van der Waals surface area contributed by atoms with Crippen molar-refractivity contribution in [1.82, 2.24) is 0 Å². The summed E-state index contributed by atoms with van der Waals surface area (Å²) < 4.78 is 13.4. The van der Waals surface area contributed by atoms with Crippen LogP contribution < -0.4 is 10.6 Å². The first kappa shape index (κ1) is 12.2. The van der Waals surface area contributed by atoms with Gasteiger partial charge in [0, 0.05) is 13.1 Å². The number of hydrogen-bond donors (Lipinski definition) is 1. The van der Waals surface area contributed by atoms with Gasteiger partial charge in [-0.2, -0.15) is 0 Å². The summed E-state index contributed by atoms with van der Waals surface area (Å²) in [5.74, 6) is 0.503. The highest BCUT2D eigenvalue weighted by molar-refractivity contribution is 5.68. The Morgan fingerprint density at radius 1 is 1.24 bits per heavy atom. The van der Waals surface area contributed by atoms with Crippen molar-refractivity contribution in [2.45, 2.75) is 38.6 Å². The number of rotatable bonds is 2. The lowest BCUT2D eigenvalue weighted by molar-refractivity contribution is 0.341. The Labute approximate surface area is 103 Å². The largest absolute Gasteiger partial charge is 0.395 e. The number of para-hydroxylation sites is 1. The fourth-order valence-corrected chi connectivity index (χ4v) is 2.66. The normalized spacial score (nSPS) is 24.6. The summed E-state index contributed by atoms with van der Waals surface area (Å²) in [5, 5.41) is 0. The second-order valence-corrected chi connectivity index (χ2v) is 5.20. The number of nitrogens with zero attached hydrogens (tertiary/aromatic N) is 1. The van der Waals surface area contributed by atoms with Crippen LogP contribution >= 0.6 is 0 Å². The van der Waals surface area contributed by atoms with Crippen LogP contribution in [0.25, 0.3) is 0 Å². The molecular formula is C14H21FN2. The highest BCUT2D eigenvalue weighted by atomic mass is 19.1. The maximum absolute atomic E-state index is 13.4. The van der Waals surface area contributed by atoms with Crippen LogP contribution in [-0.4, -0.2) is 13.1 Å². The maximum Gasteiger partial charge on any atom is 0.148 e. The van der Waals surface area contributed by atoms with E-state index < -0.39 is 0 Å². The molecule has 0 spiro atoms. The standard InChI is InChI=1S/C14H21FN2/c1-10-6-8-11(9-7-10)17(2)13-5-3-4-12(15)14(13)16/h3-5,10-11H,6-9,16H2,1-2H3. The molecule has 1 fully saturated rings. The van der Waals surface area contributed by atoms with Crippen LogP contribution in [0, 0.1) is 11.7 Å². The zero-order chi connectivity index (χ0) is 12.4. The van der Waals surface area contributed by atoms with Gasteiger partial charge in [-0.3, -0.25) is 0 Å². The fourth-order valence-electron chi connectivity index (χ4n) is 2.66. The van der Waals surface area contributed by atoms with Gasteiger partial charge < -0.3 is 10.6 Å². The molecule has 2 nitrogen and oxygen atoms in total. The first-order valence-corrected chi connectivity index (χ1v) is 6.36. The Hall–Kier alpha value is -1.25. The molecule has 1 aromatic carbocycles. The van der Waals surface area contributed by atoms with Gasteiger partial charge in [-0.15, -0.1) is 0 Å². The molecule has 17 heavy (non-hydrogen) atoms. The van der Waals surface area contributed by atoms with Gasteiger partial charge in [0.15, 0.2) is 0 Å². The predicted molar refractivity (Wildman–Crippen MR) is 70.6 cm³/mol. The molecule has 0 saturated heterocycles. The van der Waals surface area contributed by atoms with E-state index in [9.17, 15) is 4.39 Å². The Morgan fingerprint density at radius 3 is 2.53 bits per heavy atom. The quantitative estimate of drug-likeness (QED) is 0.797. The van der Waals surface area contributed by atoms with Gasteiger partial charge in [0.05, 0.1) is 11.4 Å². The van der Waals surface area contributed by atoms with E-state index in [0.29, 0.717) is 6.04 Å². The molecule has 0 unspecified atom stereocenters. The summed E-state index contributed by atoms with van der Waals surface area (Å²) in [6.07, 6.45) is 4.86. The van der Waals surface area contributed by atoms with Gasteiger partial charge in [0.2, 0.25) is 0 Å². The smallest absolute Gasteiger partial charge is 0.148 e. The second-order valence-electron chi connectivity index (χ2n) is 5.20. The third kappa shape index (κ3) is 2.54. The number of benzene rings is 1. The van der Waals surface area contributed by atoms with E-state index >= 15 is 0 Å². The van der Waals surface area contributed by atoms with E-state index in [1.54, 1.807) is 6.07 Å². The molecule has 0 aliphatic heterocycles. The van der Waals surface area contributed by atoms with Crippen LogP contribution in [-0.2, 0) is 0 Å². The SMILES string of the molecule is CC1CCC(N(C)c2cccc(F)c2N)CC1.